The SMILES string of the molecule is C[C@H](CCc1ccccc1)Nc1nc2c(S(=O)(=O)c3ccccc3)nnn2c2ccc(Cl)cc12. The van der Waals surface area contributed by atoms with Gasteiger partial charge in [-0.3, -0.25) is 0 Å². The monoisotopic (exact) mass is 491 g/mol. The number of benzene rings is 3. The molecule has 2 heterocycles. The molecule has 7 nitrogen and oxygen atoms in total. The van der Waals surface area contributed by atoms with Crippen molar-refractivity contribution >= 4 is 43.8 Å². The molecule has 5 aromatic rings. The van der Waals surface area contributed by atoms with Gasteiger partial charge in [0.2, 0.25) is 14.9 Å². The van der Waals surface area contributed by atoms with Gasteiger partial charge in [0.1, 0.15) is 5.82 Å². The van der Waals surface area contributed by atoms with Crippen molar-refractivity contribution in [3.05, 3.63) is 89.4 Å². The third kappa shape index (κ3) is 4.22. The zero-order chi connectivity index (χ0) is 23.7. The summed E-state index contributed by atoms with van der Waals surface area (Å²) in [7, 11) is -3.90. The van der Waals surface area contributed by atoms with E-state index in [0.29, 0.717) is 16.4 Å². The largest absolute Gasteiger partial charge is 0.367 e. The Labute approximate surface area is 202 Å². The lowest BCUT2D eigenvalue weighted by Crippen LogP contribution is -2.18. The molecule has 5 rings (SSSR count). The molecule has 9 heteroatoms. The summed E-state index contributed by atoms with van der Waals surface area (Å²) in [6.07, 6.45) is 1.77. The number of aromatic nitrogens is 4. The third-order valence-corrected chi connectivity index (χ3v) is 7.58. The Bertz CT molecular complexity index is 1570. The maximum absolute atomic E-state index is 13.3. The zero-order valence-electron chi connectivity index (χ0n) is 18.4. The summed E-state index contributed by atoms with van der Waals surface area (Å²) in [4.78, 5) is 4.82. The van der Waals surface area contributed by atoms with Crippen LogP contribution in [-0.4, -0.2) is 34.3 Å². The van der Waals surface area contributed by atoms with Gasteiger partial charge in [-0.25, -0.2) is 13.4 Å². The molecule has 172 valence electrons. The van der Waals surface area contributed by atoms with Crippen LogP contribution in [0.25, 0.3) is 16.6 Å². The van der Waals surface area contributed by atoms with Crippen LogP contribution in [0.5, 0.6) is 0 Å². The molecule has 0 amide bonds. The minimum Gasteiger partial charge on any atom is -0.367 e. The van der Waals surface area contributed by atoms with E-state index in [1.165, 1.54) is 22.2 Å². The van der Waals surface area contributed by atoms with Crippen molar-refractivity contribution in [2.75, 3.05) is 5.32 Å². The van der Waals surface area contributed by atoms with Crippen molar-refractivity contribution in [1.82, 2.24) is 19.8 Å². The summed E-state index contributed by atoms with van der Waals surface area (Å²) < 4.78 is 28.0. The average Bonchev–Trinajstić information content (AvgIpc) is 3.29. The second-order valence-corrected chi connectivity index (χ2v) is 10.4. The van der Waals surface area contributed by atoms with E-state index in [1.54, 1.807) is 36.4 Å². The Morgan fingerprint density at radius 2 is 1.71 bits per heavy atom. The van der Waals surface area contributed by atoms with Crippen molar-refractivity contribution in [1.29, 1.82) is 0 Å². The minimum atomic E-state index is -3.90. The lowest BCUT2D eigenvalue weighted by Gasteiger charge is -2.17. The Balaban J connectivity index is 1.57. The first-order valence-corrected chi connectivity index (χ1v) is 12.7. The molecular formula is C25H22ClN5O2S. The van der Waals surface area contributed by atoms with Crippen molar-refractivity contribution in [3.8, 4) is 0 Å². The van der Waals surface area contributed by atoms with Gasteiger partial charge in [0.15, 0.2) is 5.65 Å². The number of aryl methyl sites for hydroxylation is 1. The van der Waals surface area contributed by atoms with E-state index >= 15 is 0 Å². The number of rotatable bonds is 7. The Kier molecular flexibility index (Phi) is 5.93. The van der Waals surface area contributed by atoms with Crippen molar-refractivity contribution in [2.24, 2.45) is 0 Å². The summed E-state index contributed by atoms with van der Waals surface area (Å²) >= 11 is 6.28. The Morgan fingerprint density at radius 1 is 1.00 bits per heavy atom. The molecule has 34 heavy (non-hydrogen) atoms. The summed E-state index contributed by atoms with van der Waals surface area (Å²) in [5, 5.41) is 12.7. The quantitative estimate of drug-likeness (QED) is 0.336. The van der Waals surface area contributed by atoms with Gasteiger partial charge in [-0.2, -0.15) is 4.52 Å². The van der Waals surface area contributed by atoms with Gasteiger partial charge in [-0.15, -0.1) is 5.10 Å². The summed E-state index contributed by atoms with van der Waals surface area (Å²) in [5.74, 6) is 0.539. The highest BCUT2D eigenvalue weighted by Crippen LogP contribution is 2.30. The first-order chi connectivity index (χ1) is 16.4. The molecule has 0 radical (unpaired) electrons. The highest BCUT2D eigenvalue weighted by molar-refractivity contribution is 7.91. The van der Waals surface area contributed by atoms with E-state index in [2.05, 4.69) is 39.7 Å². The molecule has 1 N–H and O–H groups in total. The molecule has 0 unspecified atom stereocenters. The van der Waals surface area contributed by atoms with Crippen LogP contribution in [0.2, 0.25) is 5.02 Å². The molecule has 0 saturated heterocycles. The first kappa shape index (κ1) is 22.3. The summed E-state index contributed by atoms with van der Waals surface area (Å²) in [6.45, 7) is 2.07. The van der Waals surface area contributed by atoms with Crippen molar-refractivity contribution in [3.63, 3.8) is 0 Å². The van der Waals surface area contributed by atoms with Gasteiger partial charge < -0.3 is 5.32 Å². The Hall–Kier alpha value is -3.49. The van der Waals surface area contributed by atoms with E-state index in [4.69, 9.17) is 11.6 Å². The molecule has 2 aromatic heterocycles. The first-order valence-electron chi connectivity index (χ1n) is 10.9. The second-order valence-electron chi connectivity index (χ2n) is 8.14. The highest BCUT2D eigenvalue weighted by Gasteiger charge is 2.27. The fourth-order valence-electron chi connectivity index (χ4n) is 3.90. The van der Waals surface area contributed by atoms with Crippen LogP contribution in [0.15, 0.2) is 88.8 Å². The molecule has 1 atom stereocenters. The van der Waals surface area contributed by atoms with E-state index in [1.807, 2.05) is 18.2 Å². The normalized spacial score (nSPS) is 12.8. The number of hydrogen-bond acceptors (Lipinski definition) is 6. The number of fused-ring (bicyclic) bond motifs is 3. The maximum atomic E-state index is 13.3. The van der Waals surface area contributed by atoms with Crippen molar-refractivity contribution in [2.45, 2.75) is 35.7 Å². The van der Waals surface area contributed by atoms with Crippen molar-refractivity contribution < 1.29 is 8.42 Å². The predicted octanol–water partition coefficient (Wildman–Crippen LogP) is 5.20. The van der Waals surface area contributed by atoms with E-state index < -0.39 is 9.84 Å². The maximum Gasteiger partial charge on any atom is 0.229 e. The van der Waals surface area contributed by atoms with Gasteiger partial charge in [-0.1, -0.05) is 65.3 Å². The van der Waals surface area contributed by atoms with Crippen LogP contribution in [0.1, 0.15) is 18.9 Å². The molecule has 0 aliphatic heterocycles. The van der Waals surface area contributed by atoms with Crippen LogP contribution in [0.4, 0.5) is 5.82 Å². The molecule has 0 fully saturated rings. The number of nitrogens with one attached hydrogen (secondary N) is 1. The van der Waals surface area contributed by atoms with Gasteiger partial charge in [0.05, 0.1) is 10.4 Å². The number of hydrogen-bond donors (Lipinski definition) is 1. The van der Waals surface area contributed by atoms with Gasteiger partial charge in [0.25, 0.3) is 0 Å². The van der Waals surface area contributed by atoms with Crippen LogP contribution >= 0.6 is 11.6 Å². The summed E-state index contributed by atoms with van der Waals surface area (Å²) in [6, 6.07) is 23.8. The molecule has 0 aliphatic rings. The van der Waals surface area contributed by atoms with Gasteiger partial charge in [-0.05, 0) is 55.7 Å². The topological polar surface area (TPSA) is 89.2 Å². The third-order valence-electron chi connectivity index (χ3n) is 5.68. The minimum absolute atomic E-state index is 0.0717. The molecule has 0 saturated carbocycles. The van der Waals surface area contributed by atoms with E-state index in [9.17, 15) is 8.42 Å². The van der Waals surface area contributed by atoms with Crippen LogP contribution in [0.3, 0.4) is 0 Å². The molecular weight excluding hydrogens is 470 g/mol. The van der Waals surface area contributed by atoms with Crippen LogP contribution < -0.4 is 5.32 Å². The van der Waals surface area contributed by atoms with Crippen LogP contribution in [-0.2, 0) is 16.3 Å². The molecule has 0 bridgehead atoms. The molecule has 3 aromatic carbocycles. The number of nitrogens with zero attached hydrogens (tertiary/aromatic N) is 4. The number of anilines is 1. The average molecular weight is 492 g/mol. The number of sulfone groups is 1. The smallest absolute Gasteiger partial charge is 0.229 e. The van der Waals surface area contributed by atoms with E-state index in [0.717, 1.165) is 18.2 Å². The zero-order valence-corrected chi connectivity index (χ0v) is 20.0. The highest BCUT2D eigenvalue weighted by atomic mass is 35.5. The van der Waals surface area contributed by atoms with E-state index in [-0.39, 0.29) is 21.6 Å². The fourth-order valence-corrected chi connectivity index (χ4v) is 5.33. The second kappa shape index (κ2) is 9.04. The fraction of sp³-hybridized carbons (Fsp3) is 0.160. The predicted molar refractivity (Wildman–Crippen MR) is 133 cm³/mol. The molecule has 0 spiro atoms. The Morgan fingerprint density at radius 3 is 2.44 bits per heavy atom. The summed E-state index contributed by atoms with van der Waals surface area (Å²) in [5.41, 5.74) is 2.08. The molecule has 0 aliphatic carbocycles. The van der Waals surface area contributed by atoms with Gasteiger partial charge in [0, 0.05) is 16.5 Å². The lowest BCUT2D eigenvalue weighted by molar-refractivity contribution is 0.592. The standard InChI is InChI=1S/C25H22ClN5O2S/c1-17(12-13-18-8-4-2-5-9-18)27-23-21-16-19(26)14-15-22(21)31-24(28-23)25(29-30-31)34(32,33)20-10-6-3-7-11-20/h2-11,14-17H,12-13H2,1H3,(H,27,28)/t17-/m1/s1. The van der Waals surface area contributed by atoms with Gasteiger partial charge >= 0.3 is 0 Å². The van der Waals surface area contributed by atoms with Crippen LogP contribution in [0, 0.1) is 0 Å². The number of halogens is 1. The lowest BCUT2D eigenvalue weighted by atomic mass is 10.1.